The third-order valence-electron chi connectivity index (χ3n) is 4.41. The Morgan fingerprint density at radius 3 is 2.39 bits per heavy atom. The van der Waals surface area contributed by atoms with Crippen LogP contribution >= 0.6 is 0 Å². The number of hydrogen-bond donors (Lipinski definition) is 1. The Morgan fingerprint density at radius 2 is 1.64 bits per heavy atom. The number of esters is 1. The first-order valence-electron chi connectivity index (χ1n) is 10.3. The van der Waals surface area contributed by atoms with Gasteiger partial charge in [-0.15, -0.1) is 6.58 Å². The highest BCUT2D eigenvalue weighted by Crippen LogP contribution is 2.18. The number of allylic oxidation sites excluding steroid dienone is 1. The molecule has 0 fully saturated rings. The van der Waals surface area contributed by atoms with E-state index in [0.29, 0.717) is 17.9 Å². The molecule has 3 rings (SSSR count). The predicted octanol–water partition coefficient (Wildman–Crippen LogP) is 4.56. The Morgan fingerprint density at radius 1 is 0.909 bits per heavy atom. The number of carbonyl (C=O) groups is 2. The van der Waals surface area contributed by atoms with E-state index < -0.39 is 5.97 Å². The molecule has 0 atom stereocenters. The van der Waals surface area contributed by atoms with Crippen LogP contribution in [0.5, 0.6) is 11.5 Å². The fourth-order valence-corrected chi connectivity index (χ4v) is 2.82. The van der Waals surface area contributed by atoms with Crippen LogP contribution in [0, 0.1) is 0 Å². The fraction of sp³-hybridized carbons (Fsp3) is 0.0741. The van der Waals surface area contributed by atoms with E-state index in [1.807, 2.05) is 48.5 Å². The maximum Gasteiger partial charge on any atom is 0.336 e. The van der Waals surface area contributed by atoms with Crippen molar-refractivity contribution < 1.29 is 19.1 Å². The molecule has 6 nitrogen and oxygen atoms in total. The highest BCUT2D eigenvalue weighted by molar-refractivity contribution is 5.89. The smallest absolute Gasteiger partial charge is 0.336 e. The van der Waals surface area contributed by atoms with Crippen LogP contribution in [0.2, 0.25) is 0 Å². The van der Waals surface area contributed by atoms with E-state index in [9.17, 15) is 9.59 Å². The minimum absolute atomic E-state index is 0.156. The lowest BCUT2D eigenvalue weighted by molar-refractivity contribution is -0.129. The number of amides is 1. The Bertz CT molecular complexity index is 1140. The van der Waals surface area contributed by atoms with Crippen LogP contribution in [0.15, 0.2) is 103 Å². The number of nitrogens with zero attached hydrogens (tertiary/aromatic N) is 1. The number of carbonyl (C=O) groups excluding carboxylic acids is 2. The average molecular weight is 440 g/mol. The van der Waals surface area contributed by atoms with E-state index in [1.165, 1.54) is 12.3 Å². The molecule has 33 heavy (non-hydrogen) atoms. The minimum Gasteiger partial charge on any atom is -0.483 e. The predicted molar refractivity (Wildman–Crippen MR) is 129 cm³/mol. The summed E-state index contributed by atoms with van der Waals surface area (Å²) in [5, 5.41) is 3.93. The van der Waals surface area contributed by atoms with Crippen molar-refractivity contribution in [1.82, 2.24) is 5.43 Å². The molecule has 0 aliphatic heterocycles. The molecule has 6 heteroatoms. The van der Waals surface area contributed by atoms with E-state index in [-0.39, 0.29) is 12.5 Å². The van der Waals surface area contributed by atoms with Crippen molar-refractivity contribution >= 4 is 24.2 Å². The van der Waals surface area contributed by atoms with Gasteiger partial charge in [0, 0.05) is 6.08 Å². The molecule has 166 valence electrons. The van der Waals surface area contributed by atoms with Gasteiger partial charge in [0.05, 0.1) is 6.21 Å². The molecule has 0 aliphatic carbocycles. The zero-order chi connectivity index (χ0) is 23.3. The highest BCUT2D eigenvalue weighted by Gasteiger charge is 2.05. The van der Waals surface area contributed by atoms with E-state index in [2.05, 4.69) is 17.1 Å². The van der Waals surface area contributed by atoms with E-state index in [4.69, 9.17) is 9.47 Å². The van der Waals surface area contributed by atoms with Crippen molar-refractivity contribution in [2.45, 2.75) is 6.42 Å². The molecule has 3 aromatic rings. The maximum absolute atomic E-state index is 12.0. The first-order valence-corrected chi connectivity index (χ1v) is 10.3. The molecule has 0 aromatic heterocycles. The van der Waals surface area contributed by atoms with Gasteiger partial charge in [0.15, 0.2) is 6.61 Å². The molecular formula is C27H24N2O4. The average Bonchev–Trinajstić information content (AvgIpc) is 2.84. The zero-order valence-electron chi connectivity index (χ0n) is 18.0. The molecule has 1 amide bonds. The highest BCUT2D eigenvalue weighted by atomic mass is 16.5. The lowest BCUT2D eigenvalue weighted by Crippen LogP contribution is -2.24. The standard InChI is InChI=1S/C27H24N2O4/c1-2-8-23-11-6-7-12-25(23)32-20-26(30)29-28-19-22-13-16-24(17-14-22)33-27(31)18-15-21-9-4-3-5-10-21/h2-7,9-19H,1,8,20H2,(H,29,30)/b18-15+,28-19-. The van der Waals surface area contributed by atoms with Crippen LogP contribution in [0.1, 0.15) is 16.7 Å². The number of rotatable bonds is 10. The topological polar surface area (TPSA) is 77.0 Å². The van der Waals surface area contributed by atoms with E-state index in [0.717, 1.165) is 16.7 Å². The normalized spacial score (nSPS) is 10.8. The number of ether oxygens (including phenoxy) is 2. The lowest BCUT2D eigenvalue weighted by Gasteiger charge is -2.09. The van der Waals surface area contributed by atoms with Crippen LogP contribution in [0.4, 0.5) is 0 Å². The summed E-state index contributed by atoms with van der Waals surface area (Å²) in [5.74, 6) is 0.198. The third kappa shape index (κ3) is 7.95. The van der Waals surface area contributed by atoms with Crippen molar-refractivity contribution in [2.24, 2.45) is 5.10 Å². The Labute approximate surface area is 192 Å². The molecule has 0 saturated carbocycles. The first-order chi connectivity index (χ1) is 16.1. The van der Waals surface area contributed by atoms with Crippen LogP contribution in [0.25, 0.3) is 6.08 Å². The largest absolute Gasteiger partial charge is 0.483 e. The van der Waals surface area contributed by atoms with Crippen molar-refractivity contribution in [3.05, 3.63) is 114 Å². The maximum atomic E-state index is 12.0. The second-order valence-corrected chi connectivity index (χ2v) is 6.92. The molecule has 0 unspecified atom stereocenters. The molecule has 0 heterocycles. The fourth-order valence-electron chi connectivity index (χ4n) is 2.82. The van der Waals surface area contributed by atoms with Gasteiger partial charge in [-0.3, -0.25) is 4.79 Å². The van der Waals surface area contributed by atoms with Crippen molar-refractivity contribution in [3.8, 4) is 11.5 Å². The van der Waals surface area contributed by atoms with E-state index >= 15 is 0 Å². The van der Waals surface area contributed by atoms with Gasteiger partial charge in [0.2, 0.25) is 0 Å². The summed E-state index contributed by atoms with van der Waals surface area (Å²) in [5.41, 5.74) is 5.02. The second kappa shape index (κ2) is 12.4. The van der Waals surface area contributed by atoms with Gasteiger partial charge in [-0.25, -0.2) is 10.2 Å². The third-order valence-corrected chi connectivity index (χ3v) is 4.41. The van der Waals surface area contributed by atoms with Crippen molar-refractivity contribution in [3.63, 3.8) is 0 Å². The number of para-hydroxylation sites is 1. The van der Waals surface area contributed by atoms with Crippen LogP contribution in [-0.2, 0) is 16.0 Å². The molecule has 0 radical (unpaired) electrons. The molecule has 3 aromatic carbocycles. The second-order valence-electron chi connectivity index (χ2n) is 6.92. The van der Waals surface area contributed by atoms with Gasteiger partial charge in [-0.2, -0.15) is 5.10 Å². The van der Waals surface area contributed by atoms with Crippen LogP contribution in [-0.4, -0.2) is 24.7 Å². The first kappa shape index (κ1) is 23.2. The van der Waals surface area contributed by atoms with Gasteiger partial charge in [-0.05, 0) is 59.5 Å². The quantitative estimate of drug-likeness (QED) is 0.125. The van der Waals surface area contributed by atoms with Gasteiger partial charge >= 0.3 is 5.97 Å². The summed E-state index contributed by atoms with van der Waals surface area (Å²) >= 11 is 0. The summed E-state index contributed by atoms with van der Waals surface area (Å²) in [6.07, 6.45) is 6.99. The monoisotopic (exact) mass is 440 g/mol. The SMILES string of the molecule is C=CCc1ccccc1OCC(=O)N/N=C\c1ccc(OC(=O)/C=C/c2ccccc2)cc1. The van der Waals surface area contributed by atoms with Crippen LogP contribution < -0.4 is 14.9 Å². The lowest BCUT2D eigenvalue weighted by atomic mass is 10.1. The summed E-state index contributed by atoms with van der Waals surface area (Å²) in [6, 6.07) is 23.7. The molecule has 0 spiro atoms. The van der Waals surface area contributed by atoms with Crippen LogP contribution in [0.3, 0.4) is 0 Å². The number of nitrogens with one attached hydrogen (secondary N) is 1. The molecule has 1 N–H and O–H groups in total. The number of hydrazone groups is 1. The summed E-state index contributed by atoms with van der Waals surface area (Å²) in [6.45, 7) is 3.56. The minimum atomic E-state index is -0.470. The Balaban J connectivity index is 1.44. The summed E-state index contributed by atoms with van der Waals surface area (Å²) in [7, 11) is 0. The zero-order valence-corrected chi connectivity index (χ0v) is 18.0. The summed E-state index contributed by atoms with van der Waals surface area (Å²) < 4.78 is 10.8. The Kier molecular flexibility index (Phi) is 8.74. The van der Waals surface area contributed by atoms with Gasteiger partial charge < -0.3 is 9.47 Å². The van der Waals surface area contributed by atoms with Gasteiger partial charge in [0.25, 0.3) is 5.91 Å². The molecule has 0 saturated heterocycles. The molecule has 0 bridgehead atoms. The van der Waals surface area contributed by atoms with E-state index in [1.54, 1.807) is 42.5 Å². The molecular weight excluding hydrogens is 416 g/mol. The van der Waals surface area contributed by atoms with Gasteiger partial charge in [-0.1, -0.05) is 54.6 Å². The van der Waals surface area contributed by atoms with Crippen molar-refractivity contribution in [2.75, 3.05) is 6.61 Å². The summed E-state index contributed by atoms with van der Waals surface area (Å²) in [4.78, 5) is 23.9. The van der Waals surface area contributed by atoms with Crippen molar-refractivity contribution in [1.29, 1.82) is 0 Å². The molecule has 0 aliphatic rings. The number of benzene rings is 3. The Hall–Kier alpha value is -4.45. The van der Waals surface area contributed by atoms with Gasteiger partial charge in [0.1, 0.15) is 11.5 Å². The number of hydrogen-bond acceptors (Lipinski definition) is 5.